The Morgan fingerprint density at radius 3 is 2.79 bits per heavy atom. The van der Waals surface area contributed by atoms with Crippen molar-refractivity contribution in [2.24, 2.45) is 4.99 Å². The van der Waals surface area contributed by atoms with E-state index in [1.54, 1.807) is 4.68 Å². The molecule has 0 radical (unpaired) electrons. The Kier molecular flexibility index (Phi) is 8.77. The van der Waals surface area contributed by atoms with Crippen LogP contribution in [0.3, 0.4) is 0 Å². The summed E-state index contributed by atoms with van der Waals surface area (Å²) in [5.74, 6) is 1.28. The van der Waals surface area contributed by atoms with Crippen LogP contribution in [0.4, 0.5) is 5.82 Å². The maximum absolute atomic E-state index is 9.52. The van der Waals surface area contributed by atoms with E-state index in [9.17, 15) is 5.26 Å². The Morgan fingerprint density at radius 2 is 2.14 bits per heavy atom. The average Bonchev–Trinajstić information content (AvgIpc) is 3.06. The van der Waals surface area contributed by atoms with Gasteiger partial charge in [0.25, 0.3) is 0 Å². The Bertz CT molecular complexity index is 846. The van der Waals surface area contributed by atoms with E-state index >= 15 is 0 Å². The number of aryl methyl sites for hydroxylation is 1. The summed E-state index contributed by atoms with van der Waals surface area (Å²) in [6.07, 6.45) is 5.41. The van der Waals surface area contributed by atoms with Crippen LogP contribution in [0, 0.1) is 11.3 Å². The minimum absolute atomic E-state index is 0.382. The molecule has 0 unspecified atom stereocenters. The van der Waals surface area contributed by atoms with Crippen molar-refractivity contribution < 1.29 is 0 Å². The number of nitrogens with one attached hydrogen (secondary N) is 1. The van der Waals surface area contributed by atoms with Gasteiger partial charge in [-0.15, -0.1) is 6.58 Å². The molecular formula is C22H31N7. The number of allylic oxidation sites excluding steroid dienone is 1. The molecular weight excluding hydrogens is 362 g/mol. The molecule has 0 atom stereocenters. The van der Waals surface area contributed by atoms with Gasteiger partial charge >= 0.3 is 0 Å². The monoisotopic (exact) mass is 393 g/mol. The van der Waals surface area contributed by atoms with Crippen molar-refractivity contribution >= 4 is 11.8 Å². The summed E-state index contributed by atoms with van der Waals surface area (Å²) < 4.78 is 1.63. The standard InChI is InChI=1S/C22H31N7/c1-4-6-10-16-28(3)22(25-5-2)26-15-11-14-20-19(17-23)21(24)29(27-20)18-12-8-7-9-13-18/h4,7-9,12-13H,1,5-6,10-11,14-16,24H2,2-3H3,(H,25,26). The highest BCUT2D eigenvalue weighted by molar-refractivity contribution is 5.79. The number of aliphatic imine (C=N–C) groups is 1. The number of hydrogen-bond acceptors (Lipinski definition) is 4. The van der Waals surface area contributed by atoms with Crippen molar-refractivity contribution in [3.05, 3.63) is 54.2 Å². The molecule has 0 fully saturated rings. The van der Waals surface area contributed by atoms with E-state index in [0.29, 0.717) is 30.0 Å². The molecule has 0 aliphatic heterocycles. The normalized spacial score (nSPS) is 11.1. The van der Waals surface area contributed by atoms with Gasteiger partial charge in [-0.05, 0) is 44.7 Å². The number of hydrogen-bond donors (Lipinski definition) is 2. The molecule has 0 amide bonds. The molecule has 0 aliphatic rings. The van der Waals surface area contributed by atoms with E-state index in [0.717, 1.165) is 44.0 Å². The first-order valence-corrected chi connectivity index (χ1v) is 10.1. The Labute approximate surface area is 173 Å². The second-order valence-electron chi connectivity index (χ2n) is 6.76. The lowest BCUT2D eigenvalue weighted by atomic mass is 10.1. The molecule has 1 heterocycles. The first kappa shape index (κ1) is 22.0. The van der Waals surface area contributed by atoms with Crippen LogP contribution in [0.15, 0.2) is 48.0 Å². The predicted octanol–water partition coefficient (Wildman–Crippen LogP) is 3.12. The number of para-hydroxylation sites is 1. The quantitative estimate of drug-likeness (QED) is 0.280. The van der Waals surface area contributed by atoms with Crippen molar-refractivity contribution in [3.8, 4) is 11.8 Å². The lowest BCUT2D eigenvalue weighted by Crippen LogP contribution is -2.39. The molecule has 0 saturated carbocycles. The molecule has 154 valence electrons. The number of nitrogens with two attached hydrogens (primary N) is 1. The number of aromatic nitrogens is 2. The van der Waals surface area contributed by atoms with Gasteiger partial charge in [-0.1, -0.05) is 24.3 Å². The summed E-state index contributed by atoms with van der Waals surface area (Å²) in [6.45, 7) is 8.22. The van der Waals surface area contributed by atoms with Gasteiger partial charge in [-0.3, -0.25) is 4.99 Å². The van der Waals surface area contributed by atoms with Crippen LogP contribution in [0.1, 0.15) is 37.4 Å². The molecule has 0 spiro atoms. The number of guanidine groups is 1. The number of benzene rings is 1. The summed E-state index contributed by atoms with van der Waals surface area (Å²) in [6, 6.07) is 11.8. The number of anilines is 1. The van der Waals surface area contributed by atoms with Crippen LogP contribution < -0.4 is 11.1 Å². The van der Waals surface area contributed by atoms with E-state index in [4.69, 9.17) is 10.7 Å². The minimum atomic E-state index is 0.382. The molecule has 1 aromatic heterocycles. The van der Waals surface area contributed by atoms with Gasteiger partial charge in [0, 0.05) is 26.7 Å². The van der Waals surface area contributed by atoms with Gasteiger partial charge < -0.3 is 16.0 Å². The summed E-state index contributed by atoms with van der Waals surface area (Å²) in [7, 11) is 2.04. The number of nitriles is 1. The van der Waals surface area contributed by atoms with Crippen molar-refractivity contribution in [2.75, 3.05) is 32.4 Å². The zero-order valence-electron chi connectivity index (χ0n) is 17.4. The zero-order chi connectivity index (χ0) is 21.1. The topological polar surface area (TPSA) is 95.3 Å². The summed E-state index contributed by atoms with van der Waals surface area (Å²) >= 11 is 0. The van der Waals surface area contributed by atoms with E-state index < -0.39 is 0 Å². The fraction of sp³-hybridized carbons (Fsp3) is 0.409. The first-order valence-electron chi connectivity index (χ1n) is 10.1. The zero-order valence-corrected chi connectivity index (χ0v) is 17.4. The van der Waals surface area contributed by atoms with E-state index in [2.05, 4.69) is 34.9 Å². The largest absolute Gasteiger partial charge is 0.382 e. The maximum Gasteiger partial charge on any atom is 0.193 e. The van der Waals surface area contributed by atoms with Crippen LogP contribution in [0.2, 0.25) is 0 Å². The molecule has 0 saturated heterocycles. The van der Waals surface area contributed by atoms with Crippen molar-refractivity contribution in [2.45, 2.75) is 32.6 Å². The van der Waals surface area contributed by atoms with Crippen LogP contribution in [0.25, 0.3) is 5.69 Å². The third-order valence-corrected chi connectivity index (χ3v) is 4.54. The molecule has 7 nitrogen and oxygen atoms in total. The fourth-order valence-electron chi connectivity index (χ4n) is 3.02. The van der Waals surface area contributed by atoms with Crippen LogP contribution in [-0.2, 0) is 6.42 Å². The number of unbranched alkanes of at least 4 members (excludes halogenated alkanes) is 1. The molecule has 1 aromatic carbocycles. The molecule has 0 bridgehead atoms. The van der Waals surface area contributed by atoms with Gasteiger partial charge in [0.1, 0.15) is 17.5 Å². The maximum atomic E-state index is 9.52. The van der Waals surface area contributed by atoms with E-state index in [1.807, 2.05) is 43.5 Å². The molecule has 0 aliphatic carbocycles. The Hall–Kier alpha value is -3.27. The summed E-state index contributed by atoms with van der Waals surface area (Å²) in [5, 5.41) is 17.4. The number of nitrogens with zero attached hydrogens (tertiary/aromatic N) is 5. The highest BCUT2D eigenvalue weighted by atomic mass is 15.3. The van der Waals surface area contributed by atoms with Crippen molar-refractivity contribution in [1.29, 1.82) is 5.26 Å². The van der Waals surface area contributed by atoms with Gasteiger partial charge in [-0.25, -0.2) is 4.68 Å². The molecule has 29 heavy (non-hydrogen) atoms. The van der Waals surface area contributed by atoms with Crippen LogP contribution in [-0.4, -0.2) is 47.3 Å². The first-order chi connectivity index (χ1) is 14.1. The Balaban J connectivity index is 2.02. The van der Waals surface area contributed by atoms with Gasteiger partial charge in [0.05, 0.1) is 11.4 Å². The average molecular weight is 394 g/mol. The predicted molar refractivity (Wildman–Crippen MR) is 119 cm³/mol. The van der Waals surface area contributed by atoms with Gasteiger partial charge in [0.15, 0.2) is 5.96 Å². The van der Waals surface area contributed by atoms with Crippen LogP contribution in [0.5, 0.6) is 0 Å². The minimum Gasteiger partial charge on any atom is -0.382 e. The Morgan fingerprint density at radius 1 is 1.38 bits per heavy atom. The van der Waals surface area contributed by atoms with Gasteiger partial charge in [-0.2, -0.15) is 10.4 Å². The van der Waals surface area contributed by atoms with E-state index in [-0.39, 0.29) is 0 Å². The molecule has 7 heteroatoms. The van der Waals surface area contributed by atoms with Gasteiger partial charge in [0.2, 0.25) is 0 Å². The lowest BCUT2D eigenvalue weighted by Gasteiger charge is -2.21. The molecule has 2 rings (SSSR count). The number of rotatable bonds is 10. The fourth-order valence-corrected chi connectivity index (χ4v) is 3.02. The summed E-state index contributed by atoms with van der Waals surface area (Å²) in [5.41, 5.74) is 8.18. The third kappa shape index (κ3) is 6.11. The highest BCUT2D eigenvalue weighted by Crippen LogP contribution is 2.21. The van der Waals surface area contributed by atoms with E-state index in [1.165, 1.54) is 0 Å². The summed E-state index contributed by atoms with van der Waals surface area (Å²) in [4.78, 5) is 6.84. The molecule has 3 N–H and O–H groups in total. The highest BCUT2D eigenvalue weighted by Gasteiger charge is 2.16. The third-order valence-electron chi connectivity index (χ3n) is 4.54. The SMILES string of the molecule is C=CCCCN(C)C(=NCCCc1nn(-c2ccccc2)c(N)c1C#N)NCC. The van der Waals surface area contributed by atoms with Crippen LogP contribution >= 0.6 is 0 Å². The lowest BCUT2D eigenvalue weighted by molar-refractivity contribution is 0.469. The van der Waals surface area contributed by atoms with Crippen molar-refractivity contribution in [3.63, 3.8) is 0 Å². The van der Waals surface area contributed by atoms with Crippen molar-refractivity contribution in [1.82, 2.24) is 20.0 Å². The number of nitrogen functional groups attached to an aromatic ring is 1. The second kappa shape index (κ2) is 11.5. The second-order valence-corrected chi connectivity index (χ2v) is 6.76. The molecule has 2 aromatic rings. The smallest absolute Gasteiger partial charge is 0.193 e.